The van der Waals surface area contributed by atoms with Crippen molar-refractivity contribution in [3.63, 3.8) is 0 Å². The van der Waals surface area contributed by atoms with Crippen LogP contribution in [0.25, 0.3) is 11.1 Å². The molecule has 2 rings (SSSR count). The van der Waals surface area contributed by atoms with E-state index < -0.39 is 4.75 Å². The lowest BCUT2D eigenvalue weighted by Gasteiger charge is -2.20. The van der Waals surface area contributed by atoms with Crippen molar-refractivity contribution in [1.82, 2.24) is 4.98 Å². The molecule has 0 atom stereocenters. The first kappa shape index (κ1) is 13.0. The summed E-state index contributed by atoms with van der Waals surface area (Å²) >= 11 is 1.45. The average Bonchev–Trinajstić information content (AvgIpc) is 2.66. The van der Waals surface area contributed by atoms with Crippen LogP contribution in [0.2, 0.25) is 0 Å². The molecule has 0 unspecified atom stereocenters. The number of aromatic nitrogens is 1. The zero-order valence-corrected chi connectivity index (χ0v) is 11.6. The van der Waals surface area contributed by atoms with Gasteiger partial charge in [0.05, 0.1) is 7.11 Å². The number of esters is 1. The minimum absolute atomic E-state index is 0.246. The summed E-state index contributed by atoms with van der Waals surface area (Å²) in [5.41, 5.74) is 1.56. The first-order valence-electron chi connectivity index (χ1n) is 5.57. The van der Waals surface area contributed by atoms with E-state index in [0.29, 0.717) is 5.89 Å². The third kappa shape index (κ3) is 2.51. The number of rotatable bonds is 3. The molecule has 0 amide bonds. The Morgan fingerprint density at radius 3 is 2.83 bits per heavy atom. The van der Waals surface area contributed by atoms with Gasteiger partial charge in [-0.05, 0) is 32.0 Å². The van der Waals surface area contributed by atoms with Crippen molar-refractivity contribution in [3.8, 4) is 0 Å². The number of carbonyl (C=O) groups excluding carboxylic acids is 1. The molecule has 1 aromatic carbocycles. The molecule has 0 aliphatic rings. The Hall–Kier alpha value is -1.49. The van der Waals surface area contributed by atoms with Crippen molar-refractivity contribution >= 4 is 28.8 Å². The van der Waals surface area contributed by atoms with Crippen LogP contribution in [0.4, 0.5) is 0 Å². The minimum Gasteiger partial charge on any atom is -0.468 e. The molecule has 0 bridgehead atoms. The standard InChI is InChI=1S/C13H15NO3S/c1-8-14-10-7-9(5-6-11(10)17-8)18-13(2,3)12(15)16-4/h5-7H,1-4H3. The van der Waals surface area contributed by atoms with Gasteiger partial charge >= 0.3 is 5.97 Å². The Labute approximate surface area is 110 Å². The number of aryl methyl sites for hydroxylation is 1. The molecule has 18 heavy (non-hydrogen) atoms. The molecule has 1 aromatic heterocycles. The molecule has 4 nitrogen and oxygen atoms in total. The molecule has 0 saturated heterocycles. The Balaban J connectivity index is 2.29. The van der Waals surface area contributed by atoms with Crippen LogP contribution in [0.1, 0.15) is 19.7 Å². The van der Waals surface area contributed by atoms with Gasteiger partial charge in [-0.1, -0.05) is 0 Å². The summed E-state index contributed by atoms with van der Waals surface area (Å²) in [4.78, 5) is 16.9. The van der Waals surface area contributed by atoms with Gasteiger partial charge in [0.15, 0.2) is 11.5 Å². The largest absolute Gasteiger partial charge is 0.468 e. The molecule has 96 valence electrons. The van der Waals surface area contributed by atoms with Gasteiger partial charge in [-0.2, -0.15) is 0 Å². The van der Waals surface area contributed by atoms with E-state index in [1.807, 2.05) is 39.0 Å². The Morgan fingerprint density at radius 2 is 2.17 bits per heavy atom. The summed E-state index contributed by atoms with van der Waals surface area (Å²) in [6.45, 7) is 5.48. The van der Waals surface area contributed by atoms with Crippen LogP contribution in [-0.2, 0) is 9.53 Å². The van der Waals surface area contributed by atoms with Gasteiger partial charge in [-0.15, -0.1) is 11.8 Å². The summed E-state index contributed by atoms with van der Waals surface area (Å²) < 4.78 is 9.57. The van der Waals surface area contributed by atoms with Crippen molar-refractivity contribution in [1.29, 1.82) is 0 Å². The van der Waals surface area contributed by atoms with Gasteiger partial charge < -0.3 is 9.15 Å². The number of benzene rings is 1. The lowest BCUT2D eigenvalue weighted by molar-refractivity contribution is -0.142. The van der Waals surface area contributed by atoms with Crippen LogP contribution in [0.15, 0.2) is 27.5 Å². The molecule has 0 saturated carbocycles. The molecule has 0 N–H and O–H groups in total. The third-order valence-electron chi connectivity index (χ3n) is 2.52. The second-order valence-corrected chi connectivity index (χ2v) is 6.16. The number of hydrogen-bond donors (Lipinski definition) is 0. The molecule has 1 heterocycles. The summed E-state index contributed by atoms with van der Waals surface area (Å²) in [6, 6.07) is 5.70. The molecule has 0 radical (unpaired) electrons. The smallest absolute Gasteiger partial charge is 0.321 e. The van der Waals surface area contributed by atoms with Gasteiger partial charge in [0, 0.05) is 11.8 Å². The summed E-state index contributed by atoms with van der Waals surface area (Å²) in [6.07, 6.45) is 0. The first-order chi connectivity index (χ1) is 8.42. The van der Waals surface area contributed by atoms with E-state index in [1.54, 1.807) is 0 Å². The molecule has 0 aliphatic carbocycles. The Kier molecular flexibility index (Phi) is 3.34. The number of oxazole rings is 1. The van der Waals surface area contributed by atoms with Crippen molar-refractivity contribution < 1.29 is 13.9 Å². The van der Waals surface area contributed by atoms with Gasteiger partial charge in [0.25, 0.3) is 0 Å². The molecular weight excluding hydrogens is 250 g/mol. The lowest BCUT2D eigenvalue weighted by atomic mass is 10.2. The highest BCUT2D eigenvalue weighted by molar-refractivity contribution is 8.01. The number of ether oxygens (including phenoxy) is 1. The molecule has 5 heteroatoms. The van der Waals surface area contributed by atoms with Crippen molar-refractivity contribution in [2.45, 2.75) is 30.4 Å². The topological polar surface area (TPSA) is 52.3 Å². The van der Waals surface area contributed by atoms with E-state index in [0.717, 1.165) is 16.0 Å². The molecular formula is C13H15NO3S. The van der Waals surface area contributed by atoms with Gasteiger partial charge in [0.2, 0.25) is 0 Å². The van der Waals surface area contributed by atoms with Crippen LogP contribution in [0.5, 0.6) is 0 Å². The summed E-state index contributed by atoms with van der Waals surface area (Å²) in [7, 11) is 1.40. The highest BCUT2D eigenvalue weighted by Gasteiger charge is 2.30. The van der Waals surface area contributed by atoms with E-state index in [-0.39, 0.29) is 5.97 Å². The fourth-order valence-corrected chi connectivity index (χ4v) is 2.73. The fourth-order valence-electron chi connectivity index (χ4n) is 1.67. The van der Waals surface area contributed by atoms with E-state index in [1.165, 1.54) is 18.9 Å². The first-order valence-corrected chi connectivity index (χ1v) is 6.38. The van der Waals surface area contributed by atoms with Crippen LogP contribution >= 0.6 is 11.8 Å². The number of methoxy groups -OCH3 is 1. The number of hydrogen-bond acceptors (Lipinski definition) is 5. The highest BCUT2D eigenvalue weighted by atomic mass is 32.2. The quantitative estimate of drug-likeness (QED) is 0.630. The van der Waals surface area contributed by atoms with Crippen molar-refractivity contribution in [2.75, 3.05) is 7.11 Å². The maximum Gasteiger partial charge on any atom is 0.321 e. The molecule has 0 aliphatic heterocycles. The Bertz CT molecular complexity index is 589. The number of fused-ring (bicyclic) bond motifs is 1. The zero-order chi connectivity index (χ0) is 13.3. The third-order valence-corrected chi connectivity index (χ3v) is 3.68. The van der Waals surface area contributed by atoms with Gasteiger partial charge in [-0.25, -0.2) is 4.98 Å². The minimum atomic E-state index is -0.624. The Morgan fingerprint density at radius 1 is 1.44 bits per heavy atom. The van der Waals surface area contributed by atoms with E-state index in [9.17, 15) is 4.79 Å². The fraction of sp³-hybridized carbons (Fsp3) is 0.385. The molecule has 2 aromatic rings. The summed E-state index contributed by atoms with van der Waals surface area (Å²) in [5, 5.41) is 0. The van der Waals surface area contributed by atoms with Crippen LogP contribution in [0, 0.1) is 6.92 Å². The highest BCUT2D eigenvalue weighted by Crippen LogP contribution is 2.34. The SMILES string of the molecule is COC(=O)C(C)(C)Sc1ccc2oc(C)nc2c1. The second-order valence-electron chi connectivity index (χ2n) is 4.47. The number of nitrogens with zero attached hydrogens (tertiary/aromatic N) is 1. The van der Waals surface area contributed by atoms with E-state index in [2.05, 4.69) is 4.98 Å². The van der Waals surface area contributed by atoms with E-state index >= 15 is 0 Å². The van der Waals surface area contributed by atoms with E-state index in [4.69, 9.17) is 9.15 Å². The van der Waals surface area contributed by atoms with Crippen molar-refractivity contribution in [2.24, 2.45) is 0 Å². The lowest BCUT2D eigenvalue weighted by Crippen LogP contribution is -2.28. The summed E-state index contributed by atoms with van der Waals surface area (Å²) in [5.74, 6) is 0.392. The maximum absolute atomic E-state index is 11.6. The number of thioether (sulfide) groups is 1. The predicted molar refractivity (Wildman–Crippen MR) is 70.7 cm³/mol. The predicted octanol–water partition coefficient (Wildman–Crippen LogP) is 3.18. The second kappa shape index (κ2) is 4.65. The number of carbonyl (C=O) groups is 1. The van der Waals surface area contributed by atoms with Gasteiger partial charge in [-0.3, -0.25) is 4.79 Å². The molecule has 0 fully saturated rings. The molecule has 0 spiro atoms. The average molecular weight is 265 g/mol. The van der Waals surface area contributed by atoms with Crippen LogP contribution < -0.4 is 0 Å². The zero-order valence-electron chi connectivity index (χ0n) is 10.8. The van der Waals surface area contributed by atoms with Crippen LogP contribution in [-0.4, -0.2) is 22.8 Å². The normalized spacial score (nSPS) is 11.8. The maximum atomic E-state index is 11.6. The van der Waals surface area contributed by atoms with Crippen LogP contribution in [0.3, 0.4) is 0 Å². The van der Waals surface area contributed by atoms with Crippen molar-refractivity contribution in [3.05, 3.63) is 24.1 Å². The monoisotopic (exact) mass is 265 g/mol. The van der Waals surface area contributed by atoms with Gasteiger partial charge in [0.1, 0.15) is 10.3 Å².